The molecule has 0 saturated carbocycles. The molecule has 0 aliphatic carbocycles. The molecule has 0 spiro atoms. The minimum atomic E-state index is -0.489. The molecule has 7 heteroatoms. The minimum absolute atomic E-state index is 0.109. The summed E-state index contributed by atoms with van der Waals surface area (Å²) in [6, 6.07) is 0. The van der Waals surface area contributed by atoms with Gasteiger partial charge in [-0.25, -0.2) is 4.79 Å². The molecule has 0 saturated heterocycles. The number of hydrogen-bond acceptors (Lipinski definition) is 4. The number of carbonyl (C=O) groups excluding carboxylic acids is 2. The van der Waals surface area contributed by atoms with Gasteiger partial charge in [0.25, 0.3) is 5.91 Å². The Hall–Kier alpha value is -0.920. The molecule has 2 rings (SSSR count). The van der Waals surface area contributed by atoms with Crippen LogP contribution in [-0.2, 0) is 18.0 Å². The molecule has 1 aromatic rings. The third-order valence-electron chi connectivity index (χ3n) is 2.92. The van der Waals surface area contributed by atoms with Gasteiger partial charge in [-0.3, -0.25) is 4.79 Å². The highest BCUT2D eigenvalue weighted by atomic mass is 79.9. The lowest BCUT2D eigenvalue weighted by molar-refractivity contribution is 0.0533. The fourth-order valence-electron chi connectivity index (χ4n) is 1.95. The number of cyclic esters (lactones) is 1. The van der Waals surface area contributed by atoms with Gasteiger partial charge in [0.15, 0.2) is 0 Å². The maximum absolute atomic E-state index is 12.2. The van der Waals surface area contributed by atoms with Gasteiger partial charge in [0.05, 0.1) is 17.7 Å². The summed E-state index contributed by atoms with van der Waals surface area (Å²) in [6.45, 7) is -0.168. The number of rotatable bonds is 2. The predicted octanol–water partition coefficient (Wildman–Crippen LogP) is 2.08. The first-order valence-corrected chi connectivity index (χ1v) is 7.01. The highest BCUT2D eigenvalue weighted by molar-refractivity contribution is 9.11. The van der Waals surface area contributed by atoms with E-state index >= 15 is 0 Å². The van der Waals surface area contributed by atoms with Gasteiger partial charge in [-0.1, -0.05) is 0 Å². The molecule has 1 heterocycles. The number of carbonyl (C=O) groups is 2. The van der Waals surface area contributed by atoms with Crippen LogP contribution >= 0.6 is 31.9 Å². The number of fused-ring (bicyclic) bond motifs is 1. The molecule has 0 bridgehead atoms. The van der Waals surface area contributed by atoms with E-state index < -0.39 is 5.97 Å². The highest BCUT2D eigenvalue weighted by Crippen LogP contribution is 2.39. The molecule has 0 fully saturated rings. The summed E-state index contributed by atoms with van der Waals surface area (Å²) in [6.07, 6.45) is 0. The predicted molar refractivity (Wildman–Crippen MR) is 74.9 cm³/mol. The monoisotopic (exact) mass is 391 g/mol. The Morgan fingerprint density at radius 2 is 2.00 bits per heavy atom. The molecular formula is C12H11Br2NO4. The Morgan fingerprint density at radius 1 is 1.37 bits per heavy atom. The molecule has 1 N–H and O–H groups in total. The van der Waals surface area contributed by atoms with Crippen LogP contribution in [0.4, 0.5) is 0 Å². The molecule has 0 unspecified atom stereocenters. The molecule has 19 heavy (non-hydrogen) atoms. The van der Waals surface area contributed by atoms with Crippen LogP contribution in [0.5, 0.6) is 0 Å². The van der Waals surface area contributed by atoms with E-state index in [4.69, 9.17) is 4.74 Å². The second kappa shape index (κ2) is 5.22. The molecule has 5 nitrogen and oxygen atoms in total. The van der Waals surface area contributed by atoms with Crippen LogP contribution in [0, 0.1) is 0 Å². The molecule has 0 radical (unpaired) electrons. The van der Waals surface area contributed by atoms with E-state index in [1.165, 1.54) is 4.90 Å². The first-order valence-electron chi connectivity index (χ1n) is 5.42. The smallest absolute Gasteiger partial charge is 0.340 e. The fraction of sp³-hybridized carbons (Fsp3) is 0.333. The van der Waals surface area contributed by atoms with Crippen molar-refractivity contribution in [3.8, 4) is 0 Å². The first-order chi connectivity index (χ1) is 8.90. The third kappa shape index (κ3) is 2.19. The third-order valence-corrected chi connectivity index (χ3v) is 4.59. The summed E-state index contributed by atoms with van der Waals surface area (Å²) in [5.41, 5.74) is 1.75. The average Bonchev–Trinajstić information content (AvgIpc) is 2.72. The Bertz CT molecular complexity index is 584. The normalized spacial score (nSPS) is 13.2. The van der Waals surface area contributed by atoms with E-state index in [-0.39, 0.29) is 19.1 Å². The Balaban J connectivity index is 2.79. The number of aliphatic hydroxyl groups excluding tert-OH is 1. The summed E-state index contributed by atoms with van der Waals surface area (Å²) >= 11 is 6.63. The minimum Gasteiger partial charge on any atom is -0.457 e. The van der Waals surface area contributed by atoms with E-state index in [0.29, 0.717) is 31.2 Å². The quantitative estimate of drug-likeness (QED) is 0.782. The van der Waals surface area contributed by atoms with Gasteiger partial charge in [-0.05, 0) is 37.4 Å². The molecule has 0 aromatic heterocycles. The molecule has 1 amide bonds. The SMILES string of the molecule is CN(C)C(=O)c1c(Br)c(CO)c2c(c1Br)C(=O)OC2. The van der Waals surface area contributed by atoms with Crippen LogP contribution in [0.1, 0.15) is 31.8 Å². The van der Waals surface area contributed by atoms with Crippen LogP contribution in [-0.4, -0.2) is 36.0 Å². The number of esters is 1. The number of amides is 1. The number of nitrogens with zero attached hydrogens (tertiary/aromatic N) is 1. The van der Waals surface area contributed by atoms with E-state index in [9.17, 15) is 14.7 Å². The maximum atomic E-state index is 12.2. The number of hydrogen-bond donors (Lipinski definition) is 1. The standard InChI is InChI=1S/C12H11Br2NO4/c1-15(2)11(17)8-9(13)5(3-16)6-4-19-12(18)7(6)10(8)14/h16H,3-4H2,1-2H3. The van der Waals surface area contributed by atoms with E-state index in [2.05, 4.69) is 31.9 Å². The largest absolute Gasteiger partial charge is 0.457 e. The lowest BCUT2D eigenvalue weighted by atomic mass is 9.99. The number of halogens is 2. The first kappa shape index (κ1) is 14.5. The van der Waals surface area contributed by atoms with Crippen LogP contribution in [0.25, 0.3) is 0 Å². The Labute approximate surface area is 126 Å². The van der Waals surface area contributed by atoms with Gasteiger partial charge in [-0.2, -0.15) is 0 Å². The zero-order valence-electron chi connectivity index (χ0n) is 10.3. The lowest BCUT2D eigenvalue weighted by Crippen LogP contribution is -2.24. The zero-order valence-corrected chi connectivity index (χ0v) is 13.5. The van der Waals surface area contributed by atoms with Crippen molar-refractivity contribution in [1.82, 2.24) is 4.90 Å². The van der Waals surface area contributed by atoms with Gasteiger partial charge < -0.3 is 14.7 Å². The van der Waals surface area contributed by atoms with Gasteiger partial charge in [-0.15, -0.1) is 0 Å². The van der Waals surface area contributed by atoms with Gasteiger partial charge >= 0.3 is 5.97 Å². The fourth-order valence-corrected chi connectivity index (χ4v) is 3.71. The molecule has 0 atom stereocenters. The number of benzene rings is 1. The lowest BCUT2D eigenvalue weighted by Gasteiger charge is -2.17. The topological polar surface area (TPSA) is 66.8 Å². The van der Waals surface area contributed by atoms with Crippen LogP contribution in [0.2, 0.25) is 0 Å². The molecular weight excluding hydrogens is 382 g/mol. The molecule has 1 aliphatic heterocycles. The van der Waals surface area contributed by atoms with Crippen molar-refractivity contribution in [3.05, 3.63) is 31.2 Å². The van der Waals surface area contributed by atoms with Crippen molar-refractivity contribution in [3.63, 3.8) is 0 Å². The molecule has 1 aromatic carbocycles. The summed E-state index contributed by atoms with van der Waals surface area (Å²) in [7, 11) is 3.23. The van der Waals surface area contributed by atoms with Crippen molar-refractivity contribution < 1.29 is 19.4 Å². The second-order valence-corrected chi connectivity index (χ2v) is 5.85. The number of ether oxygens (including phenoxy) is 1. The second-order valence-electron chi connectivity index (χ2n) is 4.27. The van der Waals surface area contributed by atoms with Crippen LogP contribution in [0.15, 0.2) is 8.95 Å². The average molecular weight is 393 g/mol. The van der Waals surface area contributed by atoms with Gasteiger partial charge in [0, 0.05) is 28.6 Å². The van der Waals surface area contributed by atoms with E-state index in [0.717, 1.165) is 0 Å². The van der Waals surface area contributed by atoms with Gasteiger partial charge in [0.1, 0.15) is 6.61 Å². The maximum Gasteiger partial charge on any atom is 0.340 e. The summed E-state index contributed by atoms with van der Waals surface area (Å²) < 4.78 is 5.85. The van der Waals surface area contributed by atoms with E-state index in [1.54, 1.807) is 14.1 Å². The van der Waals surface area contributed by atoms with E-state index in [1.807, 2.05) is 0 Å². The Kier molecular flexibility index (Phi) is 3.98. The van der Waals surface area contributed by atoms with Crippen LogP contribution < -0.4 is 0 Å². The van der Waals surface area contributed by atoms with Gasteiger partial charge in [0.2, 0.25) is 0 Å². The van der Waals surface area contributed by atoms with Crippen molar-refractivity contribution in [2.75, 3.05) is 14.1 Å². The summed E-state index contributed by atoms with van der Waals surface area (Å²) in [4.78, 5) is 25.3. The van der Waals surface area contributed by atoms with Crippen molar-refractivity contribution in [1.29, 1.82) is 0 Å². The highest BCUT2D eigenvalue weighted by Gasteiger charge is 2.33. The van der Waals surface area contributed by atoms with Crippen molar-refractivity contribution in [2.24, 2.45) is 0 Å². The molecule has 102 valence electrons. The van der Waals surface area contributed by atoms with Crippen molar-refractivity contribution >= 4 is 43.7 Å². The van der Waals surface area contributed by atoms with Crippen LogP contribution in [0.3, 0.4) is 0 Å². The summed E-state index contributed by atoms with van der Waals surface area (Å²) in [5, 5.41) is 9.47. The summed E-state index contributed by atoms with van der Waals surface area (Å²) in [5.74, 6) is -0.757. The molecule has 1 aliphatic rings. The number of aliphatic hydroxyl groups is 1. The Morgan fingerprint density at radius 3 is 2.53 bits per heavy atom. The van der Waals surface area contributed by atoms with Crippen molar-refractivity contribution in [2.45, 2.75) is 13.2 Å². The zero-order chi connectivity index (χ0) is 14.3.